The maximum Gasteiger partial charge on any atom is 0.271 e. The highest BCUT2D eigenvalue weighted by Crippen LogP contribution is 2.15. The molecule has 3 aromatic rings. The molecule has 0 fully saturated rings. The number of fused-ring (bicyclic) bond motifs is 1. The van der Waals surface area contributed by atoms with Crippen LogP contribution in [0.1, 0.15) is 15.2 Å². The molecule has 112 valence electrons. The van der Waals surface area contributed by atoms with Crippen molar-refractivity contribution in [2.45, 2.75) is 6.92 Å². The van der Waals surface area contributed by atoms with Gasteiger partial charge in [0.1, 0.15) is 5.56 Å². The van der Waals surface area contributed by atoms with Crippen LogP contribution in [-0.2, 0) is 0 Å². The first-order valence-corrected chi connectivity index (χ1v) is 7.01. The fraction of sp³-hybridized carbons (Fsp3) is 0.0714. The van der Waals surface area contributed by atoms with E-state index in [1.807, 2.05) is 6.92 Å². The quantitative estimate of drug-likeness (QED) is 0.789. The number of aryl methyl sites for hydroxylation is 1. The van der Waals surface area contributed by atoms with Gasteiger partial charge in [-0.3, -0.25) is 14.0 Å². The van der Waals surface area contributed by atoms with Crippen molar-refractivity contribution in [1.29, 1.82) is 0 Å². The maximum atomic E-state index is 13.1. The van der Waals surface area contributed by atoms with Crippen LogP contribution >= 0.6 is 11.3 Å². The monoisotopic (exact) mass is 321 g/mol. The van der Waals surface area contributed by atoms with Gasteiger partial charge < -0.3 is 5.32 Å². The molecule has 0 radical (unpaired) electrons. The molecular formula is C14H9F2N3O2S. The first-order valence-electron chi connectivity index (χ1n) is 6.20. The number of hydrogen-bond acceptors (Lipinski definition) is 4. The first kappa shape index (κ1) is 14.3. The Morgan fingerprint density at radius 3 is 2.82 bits per heavy atom. The molecule has 2 aromatic heterocycles. The lowest BCUT2D eigenvalue weighted by Crippen LogP contribution is -2.25. The number of rotatable bonds is 2. The van der Waals surface area contributed by atoms with E-state index in [-0.39, 0.29) is 11.3 Å². The van der Waals surface area contributed by atoms with Crippen LogP contribution in [0.5, 0.6) is 0 Å². The van der Waals surface area contributed by atoms with Crippen LogP contribution in [0.3, 0.4) is 0 Å². The lowest BCUT2D eigenvalue weighted by molar-refractivity contribution is 0.102. The average molecular weight is 321 g/mol. The molecule has 2 heterocycles. The van der Waals surface area contributed by atoms with Crippen molar-refractivity contribution < 1.29 is 13.6 Å². The highest BCUT2D eigenvalue weighted by Gasteiger charge is 2.15. The number of hydrogen-bond donors (Lipinski definition) is 1. The molecule has 0 saturated heterocycles. The van der Waals surface area contributed by atoms with Crippen LogP contribution in [0.4, 0.5) is 14.5 Å². The predicted molar refractivity (Wildman–Crippen MR) is 78.4 cm³/mol. The molecule has 3 rings (SSSR count). The fourth-order valence-corrected chi connectivity index (χ4v) is 2.71. The van der Waals surface area contributed by atoms with Crippen molar-refractivity contribution in [2.24, 2.45) is 0 Å². The SMILES string of the molecule is Cc1cn2c(=O)c(C(=O)Nc3ccc(F)c(F)c3)cnc2s1. The first-order chi connectivity index (χ1) is 10.5. The van der Waals surface area contributed by atoms with Crippen LogP contribution < -0.4 is 10.9 Å². The smallest absolute Gasteiger partial charge is 0.271 e. The number of benzene rings is 1. The van der Waals surface area contributed by atoms with Gasteiger partial charge in [-0.05, 0) is 19.1 Å². The molecule has 0 saturated carbocycles. The molecule has 0 unspecified atom stereocenters. The lowest BCUT2D eigenvalue weighted by Gasteiger charge is -2.05. The molecular weight excluding hydrogens is 312 g/mol. The van der Waals surface area contributed by atoms with E-state index in [9.17, 15) is 18.4 Å². The minimum absolute atomic E-state index is 0.0508. The molecule has 1 amide bonds. The number of amides is 1. The molecule has 1 aromatic carbocycles. The lowest BCUT2D eigenvalue weighted by atomic mass is 10.2. The van der Waals surface area contributed by atoms with Crippen LogP contribution in [-0.4, -0.2) is 15.3 Å². The third-order valence-corrected chi connectivity index (χ3v) is 3.86. The second-order valence-corrected chi connectivity index (χ2v) is 5.77. The fourth-order valence-electron chi connectivity index (χ4n) is 1.92. The number of aromatic nitrogens is 2. The van der Waals surface area contributed by atoms with Gasteiger partial charge in [0.25, 0.3) is 11.5 Å². The molecule has 5 nitrogen and oxygen atoms in total. The molecule has 0 aliphatic carbocycles. The Morgan fingerprint density at radius 2 is 2.09 bits per heavy atom. The third-order valence-electron chi connectivity index (χ3n) is 2.94. The Labute approximate surface area is 126 Å². The summed E-state index contributed by atoms with van der Waals surface area (Å²) in [6.45, 7) is 1.82. The van der Waals surface area contributed by atoms with Crippen LogP contribution in [0.15, 0.2) is 35.4 Å². The highest BCUT2D eigenvalue weighted by molar-refractivity contribution is 7.16. The molecule has 0 spiro atoms. The van der Waals surface area contributed by atoms with Gasteiger partial charge in [0, 0.05) is 29.0 Å². The predicted octanol–water partition coefficient (Wildman–Crippen LogP) is 2.59. The molecule has 0 aliphatic heterocycles. The number of anilines is 1. The Morgan fingerprint density at radius 1 is 1.32 bits per heavy atom. The number of thiazole rings is 1. The largest absolute Gasteiger partial charge is 0.322 e. The van der Waals surface area contributed by atoms with Crippen molar-refractivity contribution in [1.82, 2.24) is 9.38 Å². The van der Waals surface area contributed by atoms with Crippen molar-refractivity contribution in [3.05, 3.63) is 63.0 Å². The molecule has 0 atom stereocenters. The number of carbonyl (C=O) groups excluding carboxylic acids is 1. The van der Waals surface area contributed by atoms with E-state index in [4.69, 9.17) is 0 Å². The van der Waals surface area contributed by atoms with Crippen LogP contribution in [0.2, 0.25) is 0 Å². The normalized spacial score (nSPS) is 10.9. The average Bonchev–Trinajstić information content (AvgIpc) is 2.85. The van der Waals surface area contributed by atoms with Gasteiger partial charge in [0.2, 0.25) is 0 Å². The van der Waals surface area contributed by atoms with Gasteiger partial charge in [0.15, 0.2) is 16.6 Å². The van der Waals surface area contributed by atoms with Crippen molar-refractivity contribution >= 4 is 27.9 Å². The summed E-state index contributed by atoms with van der Waals surface area (Å²) in [6.07, 6.45) is 2.76. The zero-order chi connectivity index (χ0) is 15.9. The summed E-state index contributed by atoms with van der Waals surface area (Å²) in [4.78, 5) is 29.7. The summed E-state index contributed by atoms with van der Waals surface area (Å²) < 4.78 is 27.2. The Balaban J connectivity index is 1.96. The summed E-state index contributed by atoms with van der Waals surface area (Å²) in [5, 5.41) is 2.34. The van der Waals surface area contributed by atoms with E-state index in [1.165, 1.54) is 28.0 Å². The number of carbonyl (C=O) groups is 1. The summed E-state index contributed by atoms with van der Waals surface area (Å²) in [7, 11) is 0. The topological polar surface area (TPSA) is 63.5 Å². The van der Waals surface area contributed by atoms with E-state index in [0.29, 0.717) is 4.96 Å². The van der Waals surface area contributed by atoms with E-state index in [2.05, 4.69) is 10.3 Å². The minimum atomic E-state index is -1.09. The Kier molecular flexibility index (Phi) is 3.45. The van der Waals surface area contributed by atoms with Crippen molar-refractivity contribution in [2.75, 3.05) is 5.32 Å². The van der Waals surface area contributed by atoms with Gasteiger partial charge in [-0.2, -0.15) is 0 Å². The zero-order valence-corrected chi connectivity index (χ0v) is 12.1. The van der Waals surface area contributed by atoms with Gasteiger partial charge in [-0.1, -0.05) is 0 Å². The van der Waals surface area contributed by atoms with E-state index in [1.54, 1.807) is 6.20 Å². The molecule has 0 bridgehead atoms. The van der Waals surface area contributed by atoms with E-state index in [0.717, 1.165) is 17.0 Å². The molecule has 1 N–H and O–H groups in total. The summed E-state index contributed by atoms with van der Waals surface area (Å²) in [6, 6.07) is 2.93. The zero-order valence-electron chi connectivity index (χ0n) is 11.3. The minimum Gasteiger partial charge on any atom is -0.322 e. The van der Waals surface area contributed by atoms with Gasteiger partial charge in [0.05, 0.1) is 0 Å². The van der Waals surface area contributed by atoms with Crippen LogP contribution in [0, 0.1) is 18.6 Å². The van der Waals surface area contributed by atoms with Gasteiger partial charge in [-0.15, -0.1) is 11.3 Å². The van der Waals surface area contributed by atoms with Gasteiger partial charge in [-0.25, -0.2) is 13.8 Å². The van der Waals surface area contributed by atoms with Crippen molar-refractivity contribution in [3.63, 3.8) is 0 Å². The second kappa shape index (κ2) is 5.30. The molecule has 8 heteroatoms. The maximum absolute atomic E-state index is 13.1. The number of nitrogens with zero attached hydrogens (tertiary/aromatic N) is 2. The van der Waals surface area contributed by atoms with Gasteiger partial charge >= 0.3 is 0 Å². The van der Waals surface area contributed by atoms with Crippen molar-refractivity contribution in [3.8, 4) is 0 Å². The number of nitrogens with one attached hydrogen (secondary N) is 1. The Hall–Kier alpha value is -2.61. The standard InChI is InChI=1S/C14H9F2N3O2S/c1-7-6-19-13(21)9(5-17-14(19)22-7)12(20)18-8-2-3-10(15)11(16)4-8/h2-6H,1H3,(H,18,20). The number of halogens is 2. The third kappa shape index (κ3) is 2.48. The summed E-state index contributed by atoms with van der Waals surface area (Å²) in [5.41, 5.74) is -0.649. The van der Waals surface area contributed by atoms with E-state index < -0.39 is 23.1 Å². The Bertz CT molecular complexity index is 949. The molecule has 22 heavy (non-hydrogen) atoms. The second-order valence-electron chi connectivity index (χ2n) is 4.55. The highest BCUT2D eigenvalue weighted by atomic mass is 32.1. The summed E-state index contributed by atoms with van der Waals surface area (Å²) in [5.74, 6) is -2.84. The molecule has 0 aliphatic rings. The summed E-state index contributed by atoms with van der Waals surface area (Å²) >= 11 is 1.32. The van der Waals surface area contributed by atoms with E-state index >= 15 is 0 Å². The van der Waals surface area contributed by atoms with Crippen LogP contribution in [0.25, 0.3) is 4.96 Å².